The minimum atomic E-state index is -0.543. The fourth-order valence-corrected chi connectivity index (χ4v) is 4.62. The third kappa shape index (κ3) is 7.63. The van der Waals surface area contributed by atoms with E-state index < -0.39 is 6.04 Å². The molecule has 0 aromatic heterocycles. The Morgan fingerprint density at radius 1 is 1.16 bits per heavy atom. The topological polar surface area (TPSA) is 58.6 Å². The van der Waals surface area contributed by atoms with Crippen molar-refractivity contribution in [3.63, 3.8) is 0 Å². The summed E-state index contributed by atoms with van der Waals surface area (Å²) >= 11 is 13.6. The van der Waals surface area contributed by atoms with Crippen LogP contribution in [0.3, 0.4) is 0 Å². The lowest BCUT2D eigenvalue weighted by atomic mass is 10.1. The predicted molar refractivity (Wildman–Crippen MR) is 129 cm³/mol. The molecule has 2 rings (SSSR count). The van der Waals surface area contributed by atoms with Crippen molar-refractivity contribution in [2.24, 2.45) is 0 Å². The second-order valence-electron chi connectivity index (χ2n) is 6.92. The Bertz CT molecular complexity index is 895. The zero-order chi connectivity index (χ0) is 22.8. The summed E-state index contributed by atoms with van der Waals surface area (Å²) < 4.78 is 5.29. The average molecular weight is 483 g/mol. The summed E-state index contributed by atoms with van der Waals surface area (Å²) in [5.74, 6) is 1.27. The van der Waals surface area contributed by atoms with E-state index in [9.17, 15) is 9.59 Å². The number of likely N-dealkylation sites (N-methyl/N-ethyl adjacent to an activating group) is 1. The number of benzene rings is 2. The Kier molecular flexibility index (Phi) is 10.5. The Morgan fingerprint density at radius 3 is 2.58 bits per heavy atom. The number of amides is 2. The summed E-state index contributed by atoms with van der Waals surface area (Å²) in [6.45, 7) is 4.62. The number of carbonyl (C=O) groups excluding carboxylic acids is 2. The summed E-state index contributed by atoms with van der Waals surface area (Å²) in [5.41, 5.74) is 1.82. The van der Waals surface area contributed by atoms with Gasteiger partial charge in [0.2, 0.25) is 11.8 Å². The first-order valence-electron chi connectivity index (χ1n) is 10.1. The van der Waals surface area contributed by atoms with Crippen LogP contribution in [0.25, 0.3) is 0 Å². The van der Waals surface area contributed by atoms with Gasteiger partial charge in [0.1, 0.15) is 11.8 Å². The maximum atomic E-state index is 13.2. The van der Waals surface area contributed by atoms with Gasteiger partial charge in [-0.25, -0.2) is 0 Å². The van der Waals surface area contributed by atoms with Crippen molar-refractivity contribution >= 4 is 46.8 Å². The van der Waals surface area contributed by atoms with Crippen molar-refractivity contribution in [2.75, 3.05) is 19.4 Å². The number of nitrogens with one attached hydrogen (secondary N) is 1. The van der Waals surface area contributed by atoms with E-state index in [4.69, 9.17) is 27.9 Å². The van der Waals surface area contributed by atoms with Gasteiger partial charge in [0.05, 0.1) is 12.9 Å². The highest BCUT2D eigenvalue weighted by molar-refractivity contribution is 7.99. The molecule has 0 aliphatic heterocycles. The van der Waals surface area contributed by atoms with Gasteiger partial charge in [0.15, 0.2) is 0 Å². The number of nitrogens with zero attached hydrogens (tertiary/aromatic N) is 1. The maximum absolute atomic E-state index is 13.2. The van der Waals surface area contributed by atoms with Crippen LogP contribution in [0.5, 0.6) is 5.75 Å². The van der Waals surface area contributed by atoms with Gasteiger partial charge in [-0.3, -0.25) is 9.59 Å². The minimum absolute atomic E-state index is 0.101. The molecule has 31 heavy (non-hydrogen) atoms. The standard InChI is InChI=1S/C23H28Cl2N2O3S/c1-4-21(23(29)26-5-2)27(13-16-7-6-8-19(11-16)30-3)22(28)15-31-14-17-9-10-18(24)12-20(17)25/h6-12,21H,4-5,13-15H2,1-3H3,(H,26,29)/t21-/m0/s1. The third-order valence-electron chi connectivity index (χ3n) is 4.72. The van der Waals surface area contributed by atoms with Crippen molar-refractivity contribution < 1.29 is 14.3 Å². The van der Waals surface area contributed by atoms with Gasteiger partial charge >= 0.3 is 0 Å². The van der Waals surface area contributed by atoms with Crippen LogP contribution in [0.2, 0.25) is 10.0 Å². The molecule has 2 amide bonds. The number of carbonyl (C=O) groups is 2. The Balaban J connectivity index is 2.15. The van der Waals surface area contributed by atoms with Crippen molar-refractivity contribution in [2.45, 2.75) is 38.6 Å². The van der Waals surface area contributed by atoms with Crippen molar-refractivity contribution in [3.8, 4) is 5.75 Å². The Morgan fingerprint density at radius 2 is 1.94 bits per heavy atom. The van der Waals surface area contributed by atoms with Gasteiger partial charge < -0.3 is 15.0 Å². The molecule has 0 saturated carbocycles. The van der Waals surface area contributed by atoms with E-state index in [1.165, 1.54) is 11.8 Å². The van der Waals surface area contributed by atoms with E-state index in [0.29, 0.717) is 41.1 Å². The highest BCUT2D eigenvalue weighted by Gasteiger charge is 2.28. The maximum Gasteiger partial charge on any atom is 0.242 e. The first-order valence-corrected chi connectivity index (χ1v) is 12.0. The zero-order valence-electron chi connectivity index (χ0n) is 18.0. The molecule has 0 spiro atoms. The predicted octanol–water partition coefficient (Wildman–Crippen LogP) is 5.18. The van der Waals surface area contributed by atoms with Gasteiger partial charge in [0, 0.05) is 28.9 Å². The normalized spacial score (nSPS) is 11.6. The van der Waals surface area contributed by atoms with Crippen molar-refractivity contribution in [3.05, 3.63) is 63.6 Å². The molecule has 0 aliphatic carbocycles. The molecule has 8 heteroatoms. The molecule has 5 nitrogen and oxygen atoms in total. The number of hydrogen-bond acceptors (Lipinski definition) is 4. The van der Waals surface area contributed by atoms with E-state index in [2.05, 4.69) is 5.32 Å². The lowest BCUT2D eigenvalue weighted by Gasteiger charge is -2.30. The number of rotatable bonds is 11. The van der Waals surface area contributed by atoms with Crippen molar-refractivity contribution in [1.29, 1.82) is 0 Å². The van der Waals surface area contributed by atoms with E-state index in [1.807, 2.05) is 44.2 Å². The van der Waals surface area contributed by atoms with Crippen LogP contribution in [-0.4, -0.2) is 42.2 Å². The van der Waals surface area contributed by atoms with Gasteiger partial charge in [-0.15, -0.1) is 11.8 Å². The van der Waals surface area contributed by atoms with E-state index in [0.717, 1.165) is 11.1 Å². The Labute approximate surface area is 198 Å². The molecular formula is C23H28Cl2N2O3S. The summed E-state index contributed by atoms with van der Waals surface area (Å²) in [4.78, 5) is 27.5. The van der Waals surface area contributed by atoms with Gasteiger partial charge in [-0.2, -0.15) is 0 Å². The molecule has 0 heterocycles. The first kappa shape index (κ1) is 25.4. The van der Waals surface area contributed by atoms with Crippen LogP contribution < -0.4 is 10.1 Å². The van der Waals surface area contributed by atoms with Crippen LogP contribution in [-0.2, 0) is 21.9 Å². The number of methoxy groups -OCH3 is 1. The highest BCUT2D eigenvalue weighted by atomic mass is 35.5. The smallest absolute Gasteiger partial charge is 0.242 e. The molecule has 1 atom stereocenters. The molecule has 2 aromatic carbocycles. The number of ether oxygens (including phenoxy) is 1. The SMILES string of the molecule is CCNC(=O)[C@H](CC)N(Cc1cccc(OC)c1)C(=O)CSCc1ccc(Cl)cc1Cl. The molecule has 0 unspecified atom stereocenters. The molecular weight excluding hydrogens is 455 g/mol. The molecule has 0 fully saturated rings. The molecule has 0 saturated heterocycles. The van der Waals surface area contributed by atoms with Crippen LogP contribution >= 0.6 is 35.0 Å². The van der Waals surface area contributed by atoms with E-state index in [-0.39, 0.29) is 17.6 Å². The van der Waals surface area contributed by atoms with Crippen LogP contribution in [0.4, 0.5) is 0 Å². The van der Waals surface area contributed by atoms with Crippen LogP contribution in [0, 0.1) is 0 Å². The third-order valence-corrected chi connectivity index (χ3v) is 6.28. The summed E-state index contributed by atoms with van der Waals surface area (Å²) in [6, 6.07) is 12.3. The molecule has 0 radical (unpaired) electrons. The molecule has 0 bridgehead atoms. The van der Waals surface area contributed by atoms with Crippen LogP contribution in [0.1, 0.15) is 31.4 Å². The summed E-state index contributed by atoms with van der Waals surface area (Å²) in [6.07, 6.45) is 0.523. The lowest BCUT2D eigenvalue weighted by Crippen LogP contribution is -2.49. The molecule has 2 aromatic rings. The monoisotopic (exact) mass is 482 g/mol. The fourth-order valence-electron chi connectivity index (χ4n) is 3.15. The second kappa shape index (κ2) is 12.8. The van der Waals surface area contributed by atoms with E-state index in [1.54, 1.807) is 24.1 Å². The largest absolute Gasteiger partial charge is 0.497 e. The minimum Gasteiger partial charge on any atom is -0.497 e. The first-order chi connectivity index (χ1) is 14.9. The molecule has 168 valence electrons. The fraction of sp³-hybridized carbons (Fsp3) is 0.391. The average Bonchev–Trinajstić information content (AvgIpc) is 2.75. The van der Waals surface area contributed by atoms with Gasteiger partial charge in [0.25, 0.3) is 0 Å². The van der Waals surface area contributed by atoms with Crippen molar-refractivity contribution in [1.82, 2.24) is 10.2 Å². The second-order valence-corrected chi connectivity index (χ2v) is 8.75. The van der Waals surface area contributed by atoms with E-state index >= 15 is 0 Å². The number of halogens is 2. The summed E-state index contributed by atoms with van der Waals surface area (Å²) in [7, 11) is 1.60. The van der Waals surface area contributed by atoms with Gasteiger partial charge in [-0.05, 0) is 48.7 Å². The number of hydrogen-bond donors (Lipinski definition) is 1. The quantitative estimate of drug-likeness (QED) is 0.479. The van der Waals surface area contributed by atoms with Gasteiger partial charge in [-0.1, -0.05) is 48.3 Å². The Hall–Kier alpha value is -1.89. The highest BCUT2D eigenvalue weighted by Crippen LogP contribution is 2.25. The zero-order valence-corrected chi connectivity index (χ0v) is 20.3. The van der Waals surface area contributed by atoms with Crippen LogP contribution in [0.15, 0.2) is 42.5 Å². The molecule has 1 N–H and O–H groups in total. The number of thioether (sulfide) groups is 1. The molecule has 0 aliphatic rings. The lowest BCUT2D eigenvalue weighted by molar-refractivity contribution is -0.139. The summed E-state index contributed by atoms with van der Waals surface area (Å²) in [5, 5.41) is 3.99.